The van der Waals surface area contributed by atoms with E-state index in [9.17, 15) is 0 Å². The van der Waals surface area contributed by atoms with Crippen molar-refractivity contribution in [2.75, 3.05) is 11.9 Å². The Bertz CT molecular complexity index is 381. The summed E-state index contributed by atoms with van der Waals surface area (Å²) in [7, 11) is 1.93. The van der Waals surface area contributed by atoms with Gasteiger partial charge in [-0.3, -0.25) is 0 Å². The molecule has 2 rings (SSSR count). The Morgan fingerprint density at radius 3 is 2.79 bits per heavy atom. The number of aryl methyl sites for hydroxylation is 1. The van der Waals surface area contributed by atoms with Crippen LogP contribution in [0.15, 0.2) is 24.4 Å². The number of anilines is 1. The Hall–Kier alpha value is 0.422. The monoisotopic (exact) mass is 432 g/mol. The molecule has 0 unspecified atom stereocenters. The van der Waals surface area contributed by atoms with E-state index in [1.807, 2.05) is 31.0 Å². The fourth-order valence-corrected chi connectivity index (χ4v) is 1.39. The maximum absolute atomic E-state index is 7.85. The van der Waals surface area contributed by atoms with Crippen LogP contribution in [0.3, 0.4) is 0 Å². The van der Waals surface area contributed by atoms with Crippen molar-refractivity contribution in [3.05, 3.63) is 48.0 Å². The smallest absolute Gasteiger partial charge is 0 e. The first kappa shape index (κ1) is 12.5. The van der Waals surface area contributed by atoms with Gasteiger partial charge < -0.3 is 4.90 Å². The number of likely N-dealkylation sites (N-methyl/N-ethyl adjacent to an activating group) is 1. The first-order chi connectivity index (χ1) is 6.13. The maximum atomic E-state index is 7.85. The predicted molar refractivity (Wildman–Crippen MR) is 51.0 cm³/mol. The zero-order valence-electron chi connectivity index (χ0n) is 9.29. The molecule has 0 bridgehead atoms. The topological polar surface area (TPSA) is 3.24 Å². The van der Waals surface area contributed by atoms with E-state index in [-0.39, 0.29) is 53.8 Å². The minimum Gasteiger partial charge on any atom is -0.414 e. The summed E-state index contributed by atoms with van der Waals surface area (Å²) >= 11 is 0. The third kappa shape index (κ3) is 2.32. The van der Waals surface area contributed by atoms with Crippen LogP contribution in [0.1, 0.15) is 12.5 Å². The molecule has 0 N–H and O–H groups in total. The van der Waals surface area contributed by atoms with Crippen LogP contribution in [-0.4, -0.2) is 7.05 Å². The second kappa shape index (κ2) is 5.49. The van der Waals surface area contributed by atoms with Crippen molar-refractivity contribution in [2.24, 2.45) is 0 Å². The molecular weight excluding hydrogens is 419 g/mol. The van der Waals surface area contributed by atoms with Crippen molar-refractivity contribution in [1.29, 1.82) is 0 Å². The van der Waals surface area contributed by atoms with Crippen LogP contribution in [0.25, 0.3) is 0 Å². The number of hydrogen-bond acceptors (Lipinski definition) is 1. The predicted octanol–water partition coefficient (Wildman–Crippen LogP) is 2.31. The van der Waals surface area contributed by atoms with E-state index in [1.165, 1.54) is 0 Å². The normalized spacial score (nSPS) is 14.1. The largest absolute Gasteiger partial charge is 0.414 e. The molecule has 0 saturated heterocycles. The molecule has 71 valence electrons. The van der Waals surface area contributed by atoms with E-state index in [4.69, 9.17) is 1.37 Å². The molecule has 0 spiro atoms. The number of allylic oxidation sites excluding steroid dienone is 1. The van der Waals surface area contributed by atoms with E-state index < -0.39 is 0 Å². The number of nitrogens with zero attached hydrogens (tertiary/aromatic N) is 1. The molecule has 0 saturated carbocycles. The van der Waals surface area contributed by atoms with Gasteiger partial charge in [0.1, 0.15) is 0 Å². The fourth-order valence-electron chi connectivity index (χ4n) is 1.39. The molecule has 1 nitrogen and oxygen atoms in total. The molecule has 3 heteroatoms. The van der Waals surface area contributed by atoms with Crippen LogP contribution in [0.5, 0.6) is 0 Å². The minimum absolute atomic E-state index is 0. The van der Waals surface area contributed by atoms with Crippen LogP contribution in [0.2, 0.25) is 0 Å². The SMILES string of the molecule is [3H][C-]1C(=C)N(C)c2c[c-]cc(C)c21.[W].[Y]. The van der Waals surface area contributed by atoms with Gasteiger partial charge in [-0.05, 0) is 8.42 Å². The quantitative estimate of drug-likeness (QED) is 0.570. The van der Waals surface area contributed by atoms with Gasteiger partial charge in [-0.1, -0.05) is 18.3 Å². The Balaban J connectivity index is 0.000000980. The molecule has 1 aliphatic rings. The molecule has 0 fully saturated rings. The van der Waals surface area contributed by atoms with Gasteiger partial charge in [0.15, 0.2) is 0 Å². The Morgan fingerprint density at radius 2 is 2.21 bits per heavy atom. The zero-order valence-corrected chi connectivity index (χ0v) is 14.1. The second-order valence-corrected chi connectivity index (χ2v) is 3.03. The van der Waals surface area contributed by atoms with Crippen LogP contribution in [0.4, 0.5) is 5.69 Å². The standard InChI is InChI=1S/C11H11N.W.Y/c1-8-5-4-6-11-10(8)7-9(2)12(11)3;;/h5-7H,2H2,1,3H3;;/q-2;;/i7T;;. The molecule has 0 aliphatic carbocycles. The molecular formula is C11H11NWY-2. The van der Waals surface area contributed by atoms with Gasteiger partial charge in [-0.2, -0.15) is 23.8 Å². The van der Waals surface area contributed by atoms with Gasteiger partial charge in [0, 0.05) is 53.8 Å². The summed E-state index contributed by atoms with van der Waals surface area (Å²) in [4.78, 5) is 1.93. The van der Waals surface area contributed by atoms with Crippen molar-refractivity contribution in [3.8, 4) is 0 Å². The molecule has 0 aromatic heterocycles. The first-order valence-electron chi connectivity index (χ1n) is 4.40. The average Bonchev–Trinajstić information content (AvgIpc) is 2.33. The summed E-state index contributed by atoms with van der Waals surface area (Å²) in [6, 6.07) is 6.85. The molecule has 1 aromatic rings. The number of benzene rings is 1. The number of hydrogen-bond donors (Lipinski definition) is 0. The minimum atomic E-state index is 0. The third-order valence-electron chi connectivity index (χ3n) is 2.21. The van der Waals surface area contributed by atoms with Crippen molar-refractivity contribution < 1.29 is 55.1 Å². The van der Waals surface area contributed by atoms with Crippen LogP contribution in [0, 0.1) is 19.4 Å². The fraction of sp³-hybridized carbons (Fsp3) is 0.182. The molecule has 0 amide bonds. The molecule has 14 heavy (non-hydrogen) atoms. The molecule has 0 atom stereocenters. The third-order valence-corrected chi connectivity index (χ3v) is 2.21. The average molecular weight is 432 g/mol. The van der Waals surface area contributed by atoms with Crippen molar-refractivity contribution >= 4 is 5.69 Å². The van der Waals surface area contributed by atoms with Gasteiger partial charge in [0.05, 0.1) is 0 Å². The molecule has 1 heterocycles. The second-order valence-electron chi connectivity index (χ2n) is 3.03. The van der Waals surface area contributed by atoms with Crippen LogP contribution >= 0.6 is 0 Å². The van der Waals surface area contributed by atoms with E-state index in [0.29, 0.717) is 6.40 Å². The van der Waals surface area contributed by atoms with E-state index >= 15 is 0 Å². The van der Waals surface area contributed by atoms with Crippen molar-refractivity contribution in [1.82, 2.24) is 0 Å². The Morgan fingerprint density at radius 1 is 1.57 bits per heavy atom. The number of rotatable bonds is 0. The van der Waals surface area contributed by atoms with E-state index in [2.05, 4.69) is 12.6 Å². The Labute approximate surface area is 126 Å². The summed E-state index contributed by atoms with van der Waals surface area (Å²) in [5.41, 5.74) is 3.88. The molecule has 1 aromatic carbocycles. The first-order valence-corrected chi connectivity index (χ1v) is 3.90. The van der Waals surface area contributed by atoms with Crippen LogP contribution in [-0.2, 0) is 53.8 Å². The van der Waals surface area contributed by atoms with Crippen molar-refractivity contribution in [3.63, 3.8) is 0 Å². The van der Waals surface area contributed by atoms with E-state index in [0.717, 1.165) is 22.5 Å². The van der Waals surface area contributed by atoms with E-state index in [1.54, 1.807) is 0 Å². The summed E-state index contributed by atoms with van der Waals surface area (Å²) in [6.45, 7) is 5.86. The van der Waals surface area contributed by atoms with Gasteiger partial charge >= 0.3 is 0 Å². The summed E-state index contributed by atoms with van der Waals surface area (Å²) < 4.78 is 7.85. The number of fused-ring (bicyclic) bond motifs is 1. The van der Waals surface area contributed by atoms with Crippen molar-refractivity contribution in [2.45, 2.75) is 6.92 Å². The van der Waals surface area contributed by atoms with Gasteiger partial charge in [-0.15, -0.1) is 18.5 Å². The summed E-state index contributed by atoms with van der Waals surface area (Å²) in [6.07, 6.45) is 0.531. The molecule has 1 radical (unpaired) electrons. The van der Waals surface area contributed by atoms with Gasteiger partial charge in [0.25, 0.3) is 0 Å². The van der Waals surface area contributed by atoms with Gasteiger partial charge in [-0.25, -0.2) is 0 Å². The molecule has 1 aliphatic heterocycles. The summed E-state index contributed by atoms with van der Waals surface area (Å²) in [5, 5.41) is 0. The summed E-state index contributed by atoms with van der Waals surface area (Å²) in [5.74, 6) is 0. The van der Waals surface area contributed by atoms with Gasteiger partial charge in [0.2, 0.25) is 0 Å². The maximum Gasteiger partial charge on any atom is 0 e. The Kier molecular flexibility index (Phi) is 4.90. The zero-order chi connectivity index (χ0) is 9.59. The van der Waals surface area contributed by atoms with Crippen LogP contribution < -0.4 is 4.90 Å².